The van der Waals surface area contributed by atoms with Crippen LogP contribution >= 0.6 is 0 Å². The summed E-state index contributed by atoms with van der Waals surface area (Å²) in [4.78, 5) is 16.1. The van der Waals surface area contributed by atoms with Crippen LogP contribution in [0.25, 0.3) is 0 Å². The van der Waals surface area contributed by atoms with Gasteiger partial charge in [-0.2, -0.15) is 5.10 Å². The van der Waals surface area contributed by atoms with Gasteiger partial charge in [-0.3, -0.25) is 9.48 Å². The highest BCUT2D eigenvalue weighted by Gasteiger charge is 2.33. The summed E-state index contributed by atoms with van der Waals surface area (Å²) in [6, 6.07) is 3.94. The standard InChI is InChI=1S/C26H34F2N4O2/c1-16(2)32-23-6-10-30(17(3)33)15-22(23)26(29-32)31-9-4-5-19-13-20(18-7-11-34-12-8-18)21(25(27)28)14-24(19)31/h13-14,16,18,25H,4-12,15H2,1-3H3. The SMILES string of the molecule is CC(=O)N1CCc2c(c(N3CCCc4cc(C5CCOCC5)c(C(F)F)cc43)nn2C(C)C)C1. The summed E-state index contributed by atoms with van der Waals surface area (Å²) < 4.78 is 36.1. The van der Waals surface area contributed by atoms with Crippen LogP contribution in [0.1, 0.15) is 86.4 Å². The van der Waals surface area contributed by atoms with E-state index in [9.17, 15) is 13.6 Å². The number of carbonyl (C=O) groups is 1. The molecule has 0 saturated carbocycles. The van der Waals surface area contributed by atoms with E-state index in [0.717, 1.165) is 72.5 Å². The average Bonchev–Trinajstić information content (AvgIpc) is 3.22. The maximum absolute atomic E-state index is 14.3. The lowest BCUT2D eigenvalue weighted by atomic mass is 9.85. The van der Waals surface area contributed by atoms with Gasteiger partial charge in [0.05, 0.1) is 6.54 Å². The molecular formula is C26H34F2N4O2. The Morgan fingerprint density at radius 1 is 1.15 bits per heavy atom. The van der Waals surface area contributed by atoms with Crippen molar-refractivity contribution in [1.29, 1.82) is 0 Å². The number of amides is 1. The second-order valence-electron chi connectivity index (χ2n) is 10.0. The summed E-state index contributed by atoms with van der Waals surface area (Å²) in [6.07, 6.45) is 1.62. The molecule has 184 valence electrons. The van der Waals surface area contributed by atoms with Crippen LogP contribution in [0.2, 0.25) is 0 Å². The van der Waals surface area contributed by atoms with Gasteiger partial charge in [-0.1, -0.05) is 6.07 Å². The monoisotopic (exact) mass is 472 g/mol. The third-order valence-corrected chi connectivity index (χ3v) is 7.55. The Morgan fingerprint density at radius 3 is 2.59 bits per heavy atom. The third kappa shape index (κ3) is 4.10. The number of aromatic nitrogens is 2. The van der Waals surface area contributed by atoms with E-state index in [1.54, 1.807) is 13.0 Å². The molecule has 1 aromatic carbocycles. The minimum Gasteiger partial charge on any atom is -0.381 e. The lowest BCUT2D eigenvalue weighted by molar-refractivity contribution is -0.129. The molecule has 0 atom stereocenters. The van der Waals surface area contributed by atoms with Gasteiger partial charge < -0.3 is 14.5 Å². The van der Waals surface area contributed by atoms with Gasteiger partial charge in [0.1, 0.15) is 0 Å². The number of alkyl halides is 2. The summed E-state index contributed by atoms with van der Waals surface area (Å²) in [5.74, 6) is 0.985. The number of fused-ring (bicyclic) bond motifs is 2. The quantitative estimate of drug-likeness (QED) is 0.607. The molecule has 1 aromatic heterocycles. The average molecular weight is 473 g/mol. The van der Waals surface area contributed by atoms with E-state index in [2.05, 4.69) is 23.4 Å². The number of hydrogen-bond acceptors (Lipinski definition) is 4. The summed E-state index contributed by atoms with van der Waals surface area (Å²) in [5, 5.41) is 5.00. The smallest absolute Gasteiger partial charge is 0.264 e. The van der Waals surface area contributed by atoms with Crippen molar-refractivity contribution in [2.75, 3.05) is 31.2 Å². The van der Waals surface area contributed by atoms with Gasteiger partial charge in [-0.25, -0.2) is 8.78 Å². The Labute approximate surface area is 199 Å². The fourth-order valence-corrected chi connectivity index (χ4v) is 5.78. The lowest BCUT2D eigenvalue weighted by Gasteiger charge is -2.34. The molecule has 0 radical (unpaired) electrons. The third-order valence-electron chi connectivity index (χ3n) is 7.55. The summed E-state index contributed by atoms with van der Waals surface area (Å²) in [7, 11) is 0. The predicted molar refractivity (Wildman–Crippen MR) is 127 cm³/mol. The van der Waals surface area contributed by atoms with E-state index in [-0.39, 0.29) is 23.4 Å². The van der Waals surface area contributed by atoms with Crippen LogP contribution < -0.4 is 4.90 Å². The number of rotatable bonds is 4. The first-order valence-corrected chi connectivity index (χ1v) is 12.5. The van der Waals surface area contributed by atoms with E-state index in [4.69, 9.17) is 9.84 Å². The van der Waals surface area contributed by atoms with Crippen molar-refractivity contribution in [3.05, 3.63) is 40.1 Å². The maximum Gasteiger partial charge on any atom is 0.264 e. The van der Waals surface area contributed by atoms with Crippen LogP contribution in [-0.2, 0) is 28.9 Å². The molecule has 3 aliphatic rings. The van der Waals surface area contributed by atoms with Crippen molar-refractivity contribution in [1.82, 2.24) is 14.7 Å². The van der Waals surface area contributed by atoms with Crippen molar-refractivity contribution in [3.8, 4) is 0 Å². The summed E-state index contributed by atoms with van der Waals surface area (Å²) in [6.45, 7) is 8.99. The molecule has 0 spiro atoms. The molecule has 1 fully saturated rings. The highest BCUT2D eigenvalue weighted by molar-refractivity contribution is 5.75. The van der Waals surface area contributed by atoms with Crippen molar-refractivity contribution in [2.24, 2.45) is 0 Å². The first-order valence-electron chi connectivity index (χ1n) is 12.5. The number of anilines is 2. The van der Waals surface area contributed by atoms with E-state index < -0.39 is 6.43 Å². The van der Waals surface area contributed by atoms with E-state index in [1.165, 1.54) is 0 Å². The van der Waals surface area contributed by atoms with E-state index in [1.807, 2.05) is 11.0 Å². The maximum atomic E-state index is 14.3. The largest absolute Gasteiger partial charge is 0.381 e. The molecule has 1 saturated heterocycles. The van der Waals surface area contributed by atoms with E-state index >= 15 is 0 Å². The van der Waals surface area contributed by atoms with Gasteiger partial charge in [0.15, 0.2) is 5.82 Å². The Balaban J connectivity index is 1.60. The normalized spacial score (nSPS) is 19.0. The number of aryl methyl sites for hydroxylation is 1. The van der Waals surface area contributed by atoms with Crippen molar-refractivity contribution < 1.29 is 18.3 Å². The van der Waals surface area contributed by atoms with Crippen molar-refractivity contribution in [3.63, 3.8) is 0 Å². The molecule has 6 nitrogen and oxygen atoms in total. The minimum absolute atomic E-state index is 0.0500. The fraction of sp³-hybridized carbons (Fsp3) is 0.615. The number of benzene rings is 1. The van der Waals surface area contributed by atoms with Gasteiger partial charge in [0.2, 0.25) is 5.91 Å². The van der Waals surface area contributed by atoms with Crippen molar-refractivity contribution >= 4 is 17.4 Å². The molecule has 0 N–H and O–H groups in total. The summed E-state index contributed by atoms with van der Waals surface area (Å²) >= 11 is 0. The zero-order valence-electron chi connectivity index (χ0n) is 20.3. The molecule has 4 heterocycles. The van der Waals surface area contributed by atoms with Gasteiger partial charge in [0, 0.05) is 68.2 Å². The zero-order valence-corrected chi connectivity index (χ0v) is 20.3. The predicted octanol–water partition coefficient (Wildman–Crippen LogP) is 5.28. The van der Waals surface area contributed by atoms with Crippen LogP contribution in [0.15, 0.2) is 12.1 Å². The molecule has 34 heavy (non-hydrogen) atoms. The number of halogens is 2. The molecule has 0 aliphatic carbocycles. The van der Waals surface area contributed by atoms with E-state index in [0.29, 0.717) is 26.3 Å². The molecule has 0 bridgehead atoms. The highest BCUT2D eigenvalue weighted by Crippen LogP contribution is 2.43. The first kappa shape index (κ1) is 23.3. The zero-order chi connectivity index (χ0) is 24.0. The minimum atomic E-state index is -2.53. The Morgan fingerprint density at radius 2 is 1.91 bits per heavy atom. The van der Waals surface area contributed by atoms with Crippen LogP contribution in [0.4, 0.5) is 20.3 Å². The second-order valence-corrected chi connectivity index (χ2v) is 10.0. The summed E-state index contributed by atoms with van der Waals surface area (Å²) in [5.41, 5.74) is 5.09. The van der Waals surface area contributed by atoms with Gasteiger partial charge >= 0.3 is 0 Å². The van der Waals surface area contributed by atoms with Gasteiger partial charge in [0.25, 0.3) is 6.43 Å². The lowest BCUT2D eigenvalue weighted by Crippen LogP contribution is -2.35. The molecule has 3 aliphatic heterocycles. The Hall–Kier alpha value is -2.48. The van der Waals surface area contributed by atoms with Crippen LogP contribution in [-0.4, -0.2) is 46.9 Å². The van der Waals surface area contributed by atoms with Crippen molar-refractivity contribution in [2.45, 2.75) is 77.8 Å². The number of ether oxygens (including phenoxy) is 1. The van der Waals surface area contributed by atoms with Crippen LogP contribution in [0.5, 0.6) is 0 Å². The molecule has 1 amide bonds. The second kappa shape index (κ2) is 9.29. The first-order chi connectivity index (χ1) is 16.3. The highest BCUT2D eigenvalue weighted by atomic mass is 19.3. The van der Waals surface area contributed by atoms with Crippen LogP contribution in [0, 0.1) is 0 Å². The molecular weight excluding hydrogens is 438 g/mol. The van der Waals surface area contributed by atoms with Gasteiger partial charge in [-0.15, -0.1) is 0 Å². The fourth-order valence-electron chi connectivity index (χ4n) is 5.78. The number of nitrogens with zero attached hydrogens (tertiary/aromatic N) is 4. The van der Waals surface area contributed by atoms with Gasteiger partial charge in [-0.05, 0) is 62.6 Å². The van der Waals surface area contributed by atoms with Crippen LogP contribution in [0.3, 0.4) is 0 Å². The molecule has 5 rings (SSSR count). The Kier molecular flexibility index (Phi) is 6.35. The molecule has 8 heteroatoms. The number of hydrogen-bond donors (Lipinski definition) is 0. The topological polar surface area (TPSA) is 50.6 Å². The Bertz CT molecular complexity index is 1080. The molecule has 0 unspecified atom stereocenters. The number of carbonyl (C=O) groups excluding carboxylic acids is 1. The molecule has 2 aromatic rings.